The van der Waals surface area contributed by atoms with Gasteiger partial charge in [0.25, 0.3) is 0 Å². The molecule has 1 amide bonds. The summed E-state index contributed by atoms with van der Waals surface area (Å²) in [5.41, 5.74) is -1.71. The quantitative estimate of drug-likeness (QED) is 0.606. The second-order valence-electron chi connectivity index (χ2n) is 5.63. The molecule has 108 valence electrons. The Morgan fingerprint density at radius 2 is 2.05 bits per heavy atom. The molecular formula is C12H20N2O5. The highest BCUT2D eigenvalue weighted by atomic mass is 16.6. The van der Waals surface area contributed by atoms with E-state index in [1.165, 1.54) is 7.11 Å². The lowest BCUT2D eigenvalue weighted by Crippen LogP contribution is -2.47. The molecule has 0 heterocycles. The molecule has 0 aromatic carbocycles. The molecule has 0 saturated heterocycles. The van der Waals surface area contributed by atoms with E-state index >= 15 is 0 Å². The monoisotopic (exact) mass is 272 g/mol. The fourth-order valence-electron chi connectivity index (χ4n) is 2.01. The predicted molar refractivity (Wildman–Crippen MR) is 67.5 cm³/mol. The average molecular weight is 272 g/mol. The van der Waals surface area contributed by atoms with Crippen molar-refractivity contribution in [1.29, 1.82) is 0 Å². The first-order valence-corrected chi connectivity index (χ1v) is 6.14. The van der Waals surface area contributed by atoms with Crippen LogP contribution in [-0.2, 0) is 14.3 Å². The van der Waals surface area contributed by atoms with Gasteiger partial charge in [-0.15, -0.1) is 0 Å². The zero-order valence-corrected chi connectivity index (χ0v) is 11.7. The van der Waals surface area contributed by atoms with Gasteiger partial charge in [-0.3, -0.25) is 0 Å². The molecule has 2 atom stereocenters. The first-order valence-electron chi connectivity index (χ1n) is 6.14. The van der Waals surface area contributed by atoms with E-state index in [4.69, 9.17) is 9.47 Å². The first kappa shape index (κ1) is 15.4. The Balaban J connectivity index is 2.66. The van der Waals surface area contributed by atoms with Crippen LogP contribution in [0.5, 0.6) is 0 Å². The predicted octanol–water partition coefficient (Wildman–Crippen LogP) is 1.60. The maximum absolute atomic E-state index is 11.8. The number of rotatable bonds is 5. The third kappa shape index (κ3) is 3.90. The molecule has 19 heavy (non-hydrogen) atoms. The summed E-state index contributed by atoms with van der Waals surface area (Å²) in [7, 11) is 1.26. The fraction of sp³-hybridized carbons (Fsp3) is 0.833. The van der Waals surface area contributed by atoms with Crippen molar-refractivity contribution in [3.63, 3.8) is 0 Å². The van der Waals surface area contributed by atoms with E-state index < -0.39 is 23.2 Å². The zero-order valence-electron chi connectivity index (χ0n) is 11.7. The minimum atomic E-state index is -1.07. The van der Waals surface area contributed by atoms with Gasteiger partial charge in [0, 0.05) is 0 Å². The van der Waals surface area contributed by atoms with Crippen LogP contribution in [0.25, 0.3) is 0 Å². The molecule has 7 nitrogen and oxygen atoms in total. The number of carbonyl (C=O) groups is 2. The summed E-state index contributed by atoms with van der Waals surface area (Å²) >= 11 is 0. The second kappa shape index (κ2) is 5.54. The zero-order chi connectivity index (χ0) is 14.7. The molecule has 1 saturated carbocycles. The third-order valence-electron chi connectivity index (χ3n) is 2.95. The third-order valence-corrected chi connectivity index (χ3v) is 2.95. The van der Waals surface area contributed by atoms with Gasteiger partial charge in [-0.2, -0.15) is 4.91 Å². The summed E-state index contributed by atoms with van der Waals surface area (Å²) in [6, 6.07) is 0. The lowest BCUT2D eigenvalue weighted by molar-refractivity contribution is -0.144. The first-order chi connectivity index (χ1) is 8.75. The lowest BCUT2D eigenvalue weighted by atomic mass is 10.1. The SMILES string of the molecule is COC(=O)[C@@]1(NC(=O)OC(C)(C)C)C[C@H]1CCN=O. The maximum atomic E-state index is 11.8. The second-order valence-corrected chi connectivity index (χ2v) is 5.63. The van der Waals surface area contributed by atoms with E-state index in [2.05, 4.69) is 10.5 Å². The number of nitrogens with zero attached hydrogens (tertiary/aromatic N) is 1. The molecule has 1 fully saturated rings. The number of carbonyl (C=O) groups excluding carboxylic acids is 2. The van der Waals surface area contributed by atoms with Gasteiger partial charge in [-0.1, -0.05) is 5.18 Å². The van der Waals surface area contributed by atoms with E-state index in [1.807, 2.05) is 0 Å². The molecule has 0 radical (unpaired) electrons. The fourth-order valence-corrected chi connectivity index (χ4v) is 2.01. The van der Waals surface area contributed by atoms with E-state index in [0.717, 1.165) is 0 Å². The number of hydrogen-bond acceptors (Lipinski definition) is 6. The Morgan fingerprint density at radius 3 is 2.53 bits per heavy atom. The highest BCUT2D eigenvalue weighted by Gasteiger charge is 2.62. The van der Waals surface area contributed by atoms with Crippen LogP contribution < -0.4 is 5.32 Å². The van der Waals surface area contributed by atoms with Crippen LogP contribution in [0, 0.1) is 10.8 Å². The van der Waals surface area contributed by atoms with Crippen molar-refractivity contribution in [3.8, 4) is 0 Å². The molecule has 0 aromatic rings. The highest BCUT2D eigenvalue weighted by molar-refractivity contribution is 5.89. The van der Waals surface area contributed by atoms with E-state index in [0.29, 0.717) is 12.8 Å². The molecule has 0 aromatic heterocycles. The number of methoxy groups -OCH3 is 1. The summed E-state index contributed by atoms with van der Waals surface area (Å²) in [6.45, 7) is 5.31. The maximum Gasteiger partial charge on any atom is 0.408 e. The number of nitrogens with one attached hydrogen (secondary N) is 1. The Bertz CT molecular complexity index is 377. The minimum absolute atomic E-state index is 0.111. The van der Waals surface area contributed by atoms with Gasteiger partial charge < -0.3 is 14.8 Å². The topological polar surface area (TPSA) is 94.1 Å². The van der Waals surface area contributed by atoms with Crippen molar-refractivity contribution in [1.82, 2.24) is 5.32 Å². The summed E-state index contributed by atoms with van der Waals surface area (Å²) in [6.07, 6.45) is 0.211. The smallest absolute Gasteiger partial charge is 0.408 e. The Labute approximate surface area is 112 Å². The van der Waals surface area contributed by atoms with Crippen LogP contribution in [0.1, 0.15) is 33.6 Å². The lowest BCUT2D eigenvalue weighted by Gasteiger charge is -2.23. The van der Waals surface area contributed by atoms with Crippen LogP contribution >= 0.6 is 0 Å². The largest absolute Gasteiger partial charge is 0.467 e. The van der Waals surface area contributed by atoms with Gasteiger partial charge in [-0.05, 0) is 39.5 Å². The molecule has 1 aliphatic rings. The highest BCUT2D eigenvalue weighted by Crippen LogP contribution is 2.47. The summed E-state index contributed by atoms with van der Waals surface area (Å²) in [4.78, 5) is 33.6. The molecule has 0 aliphatic heterocycles. The van der Waals surface area contributed by atoms with E-state index in [9.17, 15) is 14.5 Å². The van der Waals surface area contributed by atoms with Crippen molar-refractivity contribution in [2.45, 2.75) is 44.8 Å². The Morgan fingerprint density at radius 1 is 1.42 bits per heavy atom. The molecular weight excluding hydrogens is 252 g/mol. The van der Waals surface area contributed by atoms with Gasteiger partial charge in [0.2, 0.25) is 0 Å². The van der Waals surface area contributed by atoms with Crippen LogP contribution in [0.3, 0.4) is 0 Å². The number of esters is 1. The molecule has 0 bridgehead atoms. The molecule has 1 rings (SSSR count). The minimum Gasteiger partial charge on any atom is -0.467 e. The van der Waals surface area contributed by atoms with Crippen LogP contribution in [0.15, 0.2) is 5.18 Å². The van der Waals surface area contributed by atoms with Gasteiger partial charge in [-0.25, -0.2) is 9.59 Å². The van der Waals surface area contributed by atoms with Crippen LogP contribution in [0.4, 0.5) is 4.79 Å². The van der Waals surface area contributed by atoms with Crippen molar-refractivity contribution in [2.75, 3.05) is 13.7 Å². The molecule has 7 heteroatoms. The standard InChI is InChI=1S/C12H20N2O5/c1-11(2,3)19-10(16)14-12(9(15)18-4)7-8(12)5-6-13-17/h8H,5-7H2,1-4H3,(H,14,16)/t8-,12-/m1/s1. The number of amides is 1. The molecule has 0 unspecified atom stereocenters. The van der Waals surface area contributed by atoms with Crippen molar-refractivity contribution in [2.24, 2.45) is 11.1 Å². The summed E-state index contributed by atoms with van der Waals surface area (Å²) < 4.78 is 9.82. The normalized spacial score (nSPS) is 25.4. The molecule has 1 aliphatic carbocycles. The average Bonchev–Trinajstić information content (AvgIpc) is 2.97. The van der Waals surface area contributed by atoms with Crippen LogP contribution in [0.2, 0.25) is 0 Å². The van der Waals surface area contributed by atoms with Crippen molar-refractivity contribution < 1.29 is 19.1 Å². The van der Waals surface area contributed by atoms with Gasteiger partial charge in [0.1, 0.15) is 11.1 Å². The van der Waals surface area contributed by atoms with Gasteiger partial charge in [0.05, 0.1) is 13.7 Å². The van der Waals surface area contributed by atoms with E-state index in [-0.39, 0.29) is 12.5 Å². The number of alkyl carbamates (subject to hydrolysis) is 1. The number of hydrogen-bond donors (Lipinski definition) is 1. The Kier molecular flexibility index (Phi) is 4.49. The molecule has 0 spiro atoms. The number of nitroso groups, excluding NO2 is 1. The molecule has 1 N–H and O–H groups in total. The van der Waals surface area contributed by atoms with Crippen molar-refractivity contribution >= 4 is 12.1 Å². The van der Waals surface area contributed by atoms with Crippen molar-refractivity contribution in [3.05, 3.63) is 4.91 Å². The van der Waals surface area contributed by atoms with E-state index in [1.54, 1.807) is 20.8 Å². The van der Waals surface area contributed by atoms with Gasteiger partial charge >= 0.3 is 12.1 Å². The summed E-state index contributed by atoms with van der Waals surface area (Å²) in [5, 5.41) is 5.31. The Hall–Kier alpha value is -1.66. The van der Waals surface area contributed by atoms with Crippen LogP contribution in [-0.4, -0.2) is 36.9 Å². The van der Waals surface area contributed by atoms with Gasteiger partial charge in [0.15, 0.2) is 0 Å². The summed E-state index contributed by atoms with van der Waals surface area (Å²) in [5.74, 6) is -0.653. The number of ether oxygens (including phenoxy) is 2.